The van der Waals surface area contributed by atoms with Crippen LogP contribution in [0.25, 0.3) is 10.6 Å². The third-order valence-electron chi connectivity index (χ3n) is 3.99. The zero-order valence-electron chi connectivity index (χ0n) is 12.2. The molecule has 0 unspecified atom stereocenters. The van der Waals surface area contributed by atoms with Gasteiger partial charge in [-0.1, -0.05) is 25.7 Å². The van der Waals surface area contributed by atoms with E-state index in [0.29, 0.717) is 4.88 Å². The Labute approximate surface area is 128 Å². The number of carbonyl (C=O) groups is 1. The highest BCUT2D eigenvalue weighted by molar-refractivity contribution is 7.16. The van der Waals surface area contributed by atoms with Gasteiger partial charge in [0.25, 0.3) is 5.91 Å². The van der Waals surface area contributed by atoms with Crippen molar-refractivity contribution >= 4 is 17.2 Å². The highest BCUT2D eigenvalue weighted by atomic mass is 32.1. The molecule has 1 N–H and O–H groups in total. The van der Waals surface area contributed by atoms with Crippen molar-refractivity contribution < 1.29 is 4.79 Å². The number of hydrogen-bond donors (Lipinski definition) is 1. The van der Waals surface area contributed by atoms with Crippen LogP contribution >= 0.6 is 11.3 Å². The normalized spacial score (nSPS) is 15.5. The van der Waals surface area contributed by atoms with E-state index in [0.717, 1.165) is 29.5 Å². The molecular formula is C15H20N4OS. The Balaban J connectivity index is 1.54. The Hall–Kier alpha value is -1.69. The van der Waals surface area contributed by atoms with E-state index in [1.807, 2.05) is 13.2 Å². The van der Waals surface area contributed by atoms with Crippen LogP contribution in [0.3, 0.4) is 0 Å². The quantitative estimate of drug-likeness (QED) is 0.924. The highest BCUT2D eigenvalue weighted by Gasteiger charge is 2.16. The molecule has 112 valence electrons. The first kappa shape index (κ1) is 14.3. The average molecular weight is 304 g/mol. The minimum Gasteiger partial charge on any atom is -0.351 e. The molecule has 0 atom stereocenters. The van der Waals surface area contributed by atoms with Crippen LogP contribution in [0.2, 0.25) is 0 Å². The van der Waals surface area contributed by atoms with Crippen LogP contribution in [-0.2, 0) is 7.05 Å². The predicted octanol–water partition coefficient (Wildman–Crippen LogP) is 2.85. The molecule has 5 nitrogen and oxygen atoms in total. The molecule has 1 aliphatic rings. The molecule has 0 aliphatic heterocycles. The van der Waals surface area contributed by atoms with Crippen molar-refractivity contribution in [3.05, 3.63) is 23.5 Å². The van der Waals surface area contributed by atoms with E-state index in [-0.39, 0.29) is 5.91 Å². The zero-order chi connectivity index (χ0) is 14.7. The highest BCUT2D eigenvalue weighted by Crippen LogP contribution is 2.27. The summed E-state index contributed by atoms with van der Waals surface area (Å²) in [6.45, 7) is 0.767. The molecule has 6 heteroatoms. The monoisotopic (exact) mass is 304 g/mol. The molecule has 0 saturated heterocycles. The van der Waals surface area contributed by atoms with E-state index in [4.69, 9.17) is 0 Å². The van der Waals surface area contributed by atoms with Gasteiger partial charge in [-0.2, -0.15) is 5.10 Å². The lowest BCUT2D eigenvalue weighted by atomic mass is 10.0. The molecule has 1 fully saturated rings. The molecule has 2 heterocycles. The van der Waals surface area contributed by atoms with Crippen LogP contribution in [0.5, 0.6) is 0 Å². The van der Waals surface area contributed by atoms with Crippen LogP contribution in [0.15, 0.2) is 18.6 Å². The largest absolute Gasteiger partial charge is 0.351 e. The molecule has 1 aliphatic carbocycles. The fraction of sp³-hybridized carbons (Fsp3) is 0.533. The third-order valence-corrected chi connectivity index (χ3v) is 5.04. The summed E-state index contributed by atoms with van der Waals surface area (Å²) in [4.78, 5) is 17.1. The topological polar surface area (TPSA) is 59.8 Å². The first-order valence-electron chi connectivity index (χ1n) is 7.45. The van der Waals surface area contributed by atoms with Crippen LogP contribution in [0.1, 0.15) is 41.8 Å². The number of hydrogen-bond acceptors (Lipinski definition) is 4. The van der Waals surface area contributed by atoms with Gasteiger partial charge in [-0.15, -0.1) is 11.3 Å². The first-order valence-corrected chi connectivity index (χ1v) is 8.27. The van der Waals surface area contributed by atoms with Crippen molar-refractivity contribution in [1.82, 2.24) is 20.1 Å². The number of carbonyl (C=O) groups excluding carboxylic acids is 1. The van der Waals surface area contributed by atoms with Gasteiger partial charge in [0.05, 0.1) is 12.4 Å². The SMILES string of the molecule is Cn1cc(-c2ncc(C(=O)NCCC3CCCC3)s2)cn1. The molecule has 1 amide bonds. The number of nitrogens with zero attached hydrogens (tertiary/aromatic N) is 3. The van der Waals surface area contributed by atoms with Crippen molar-refractivity contribution in [2.45, 2.75) is 32.1 Å². The smallest absolute Gasteiger partial charge is 0.263 e. The Morgan fingerprint density at radius 2 is 2.24 bits per heavy atom. The molecule has 1 saturated carbocycles. The van der Waals surface area contributed by atoms with Crippen molar-refractivity contribution in [2.24, 2.45) is 13.0 Å². The number of nitrogens with one attached hydrogen (secondary N) is 1. The average Bonchev–Trinajstić information content (AvgIpc) is 3.19. The Morgan fingerprint density at radius 3 is 2.95 bits per heavy atom. The Bertz CT molecular complexity index is 613. The first-order chi connectivity index (χ1) is 10.2. The van der Waals surface area contributed by atoms with Crippen molar-refractivity contribution in [3.8, 4) is 10.6 Å². The second-order valence-corrected chi connectivity index (χ2v) is 6.66. The summed E-state index contributed by atoms with van der Waals surface area (Å²) in [5, 5.41) is 7.97. The van der Waals surface area contributed by atoms with E-state index >= 15 is 0 Å². The van der Waals surface area contributed by atoms with Gasteiger partial charge in [-0.3, -0.25) is 9.48 Å². The van der Waals surface area contributed by atoms with Crippen molar-refractivity contribution in [2.75, 3.05) is 6.54 Å². The fourth-order valence-electron chi connectivity index (χ4n) is 2.82. The molecule has 21 heavy (non-hydrogen) atoms. The zero-order valence-corrected chi connectivity index (χ0v) is 13.0. The Kier molecular flexibility index (Phi) is 4.34. The van der Waals surface area contributed by atoms with E-state index in [9.17, 15) is 4.79 Å². The lowest BCUT2D eigenvalue weighted by Gasteiger charge is -2.08. The minimum atomic E-state index is -0.0133. The van der Waals surface area contributed by atoms with Gasteiger partial charge in [0, 0.05) is 25.4 Å². The van der Waals surface area contributed by atoms with Crippen LogP contribution < -0.4 is 5.32 Å². The van der Waals surface area contributed by atoms with Crippen molar-refractivity contribution in [1.29, 1.82) is 0 Å². The minimum absolute atomic E-state index is 0.0133. The summed E-state index contributed by atoms with van der Waals surface area (Å²) in [7, 11) is 1.87. The summed E-state index contributed by atoms with van der Waals surface area (Å²) in [5.74, 6) is 0.790. The van der Waals surface area contributed by atoms with Crippen LogP contribution in [-0.4, -0.2) is 27.2 Å². The lowest BCUT2D eigenvalue weighted by Crippen LogP contribution is -2.24. The lowest BCUT2D eigenvalue weighted by molar-refractivity contribution is 0.0955. The fourth-order valence-corrected chi connectivity index (χ4v) is 3.63. The van der Waals surface area contributed by atoms with Gasteiger partial charge < -0.3 is 5.32 Å². The maximum absolute atomic E-state index is 12.1. The van der Waals surface area contributed by atoms with Gasteiger partial charge in [-0.05, 0) is 12.3 Å². The molecule has 0 aromatic carbocycles. The van der Waals surface area contributed by atoms with Gasteiger partial charge in [0.15, 0.2) is 0 Å². The summed E-state index contributed by atoms with van der Waals surface area (Å²) in [5.41, 5.74) is 0.951. The maximum atomic E-state index is 12.1. The number of aromatic nitrogens is 3. The molecule has 2 aromatic heterocycles. The molecule has 2 aromatic rings. The van der Waals surface area contributed by atoms with Gasteiger partial charge in [0.1, 0.15) is 9.88 Å². The van der Waals surface area contributed by atoms with E-state index < -0.39 is 0 Å². The standard InChI is InChI=1S/C15H20N4OS/c1-19-10-12(8-18-19)15-17-9-13(21-15)14(20)16-7-6-11-4-2-3-5-11/h8-11H,2-7H2,1H3,(H,16,20). The molecule has 3 rings (SSSR count). The number of amides is 1. The second kappa shape index (κ2) is 6.39. The van der Waals surface area contributed by atoms with Crippen LogP contribution in [0, 0.1) is 5.92 Å². The second-order valence-electron chi connectivity index (χ2n) is 5.63. The van der Waals surface area contributed by atoms with Gasteiger partial charge in [0.2, 0.25) is 0 Å². The van der Waals surface area contributed by atoms with E-state index in [1.54, 1.807) is 17.1 Å². The Morgan fingerprint density at radius 1 is 1.43 bits per heavy atom. The number of aryl methyl sites for hydroxylation is 1. The van der Waals surface area contributed by atoms with Gasteiger partial charge >= 0.3 is 0 Å². The van der Waals surface area contributed by atoms with Crippen LogP contribution in [0.4, 0.5) is 0 Å². The van der Waals surface area contributed by atoms with Gasteiger partial charge in [-0.25, -0.2) is 4.98 Å². The molecule has 0 radical (unpaired) electrons. The predicted molar refractivity (Wildman–Crippen MR) is 83.2 cm³/mol. The molecular weight excluding hydrogens is 284 g/mol. The van der Waals surface area contributed by atoms with E-state index in [2.05, 4.69) is 15.4 Å². The summed E-state index contributed by atoms with van der Waals surface area (Å²) < 4.78 is 1.73. The van der Waals surface area contributed by atoms with Crippen molar-refractivity contribution in [3.63, 3.8) is 0 Å². The summed E-state index contributed by atoms with van der Waals surface area (Å²) in [6, 6.07) is 0. The molecule has 0 spiro atoms. The molecule has 0 bridgehead atoms. The number of thiazole rings is 1. The number of rotatable bonds is 5. The van der Waals surface area contributed by atoms with E-state index in [1.165, 1.54) is 37.0 Å². The third kappa shape index (κ3) is 3.50. The maximum Gasteiger partial charge on any atom is 0.263 e. The summed E-state index contributed by atoms with van der Waals surface area (Å²) >= 11 is 1.41. The summed E-state index contributed by atoms with van der Waals surface area (Å²) in [6.07, 6.45) is 11.8.